The SMILES string of the molecule is Cl.O=C(NCC1(c2cccc(F)c2)CC1)C1CC(F)(F)CN1. The van der Waals surface area contributed by atoms with Gasteiger partial charge in [0.1, 0.15) is 5.82 Å². The number of hydrogen-bond acceptors (Lipinski definition) is 2. The summed E-state index contributed by atoms with van der Waals surface area (Å²) in [7, 11) is 0. The highest BCUT2D eigenvalue weighted by atomic mass is 35.5. The summed E-state index contributed by atoms with van der Waals surface area (Å²) >= 11 is 0. The highest BCUT2D eigenvalue weighted by Crippen LogP contribution is 2.47. The number of halogens is 4. The summed E-state index contributed by atoms with van der Waals surface area (Å²) in [6.45, 7) is -0.0981. The van der Waals surface area contributed by atoms with Gasteiger partial charge in [-0.3, -0.25) is 10.1 Å². The zero-order valence-corrected chi connectivity index (χ0v) is 12.7. The van der Waals surface area contributed by atoms with Crippen molar-refractivity contribution in [2.24, 2.45) is 0 Å². The maximum Gasteiger partial charge on any atom is 0.262 e. The molecule has 1 aliphatic heterocycles. The van der Waals surface area contributed by atoms with Crippen molar-refractivity contribution in [2.45, 2.75) is 36.6 Å². The lowest BCUT2D eigenvalue weighted by molar-refractivity contribution is -0.123. The average Bonchev–Trinajstić information content (AvgIpc) is 3.14. The molecule has 1 atom stereocenters. The van der Waals surface area contributed by atoms with E-state index in [2.05, 4.69) is 10.6 Å². The number of nitrogens with one attached hydrogen (secondary N) is 2. The van der Waals surface area contributed by atoms with Gasteiger partial charge in [-0.1, -0.05) is 12.1 Å². The molecule has 122 valence electrons. The molecule has 3 rings (SSSR count). The molecule has 0 radical (unpaired) electrons. The molecule has 2 fully saturated rings. The predicted molar refractivity (Wildman–Crippen MR) is 78.9 cm³/mol. The molecule has 7 heteroatoms. The molecule has 1 aliphatic carbocycles. The molecule has 2 aliphatic rings. The summed E-state index contributed by atoms with van der Waals surface area (Å²) in [4.78, 5) is 11.9. The van der Waals surface area contributed by atoms with Crippen molar-refractivity contribution < 1.29 is 18.0 Å². The van der Waals surface area contributed by atoms with E-state index in [1.54, 1.807) is 6.07 Å². The number of rotatable bonds is 4. The van der Waals surface area contributed by atoms with Crippen LogP contribution in [-0.2, 0) is 10.2 Å². The summed E-state index contributed by atoms with van der Waals surface area (Å²) in [5.41, 5.74) is 0.617. The van der Waals surface area contributed by atoms with Crippen LogP contribution in [0.5, 0.6) is 0 Å². The molecule has 0 aromatic heterocycles. The van der Waals surface area contributed by atoms with Crippen molar-refractivity contribution in [3.63, 3.8) is 0 Å². The van der Waals surface area contributed by atoms with Gasteiger partial charge in [-0.25, -0.2) is 13.2 Å². The molecule has 1 unspecified atom stereocenters. The lowest BCUT2D eigenvalue weighted by atomic mass is 9.95. The minimum absolute atomic E-state index is 0. The zero-order chi connectivity index (χ0) is 15.1. The average molecular weight is 335 g/mol. The Bertz CT molecular complexity index is 563. The molecule has 0 spiro atoms. The van der Waals surface area contributed by atoms with E-state index in [-0.39, 0.29) is 23.6 Å². The molecule has 1 saturated carbocycles. The number of carbonyl (C=O) groups excluding carboxylic acids is 1. The monoisotopic (exact) mass is 334 g/mol. The van der Waals surface area contributed by atoms with Gasteiger partial charge in [0.25, 0.3) is 5.92 Å². The topological polar surface area (TPSA) is 41.1 Å². The third-order valence-electron chi connectivity index (χ3n) is 4.32. The van der Waals surface area contributed by atoms with Crippen LogP contribution in [0.4, 0.5) is 13.2 Å². The van der Waals surface area contributed by atoms with Gasteiger partial charge < -0.3 is 5.32 Å². The number of hydrogen-bond donors (Lipinski definition) is 2. The van der Waals surface area contributed by atoms with Crippen LogP contribution in [0.1, 0.15) is 24.8 Å². The highest BCUT2D eigenvalue weighted by molar-refractivity contribution is 5.85. The van der Waals surface area contributed by atoms with Crippen molar-refractivity contribution >= 4 is 18.3 Å². The first-order valence-corrected chi connectivity index (χ1v) is 7.05. The van der Waals surface area contributed by atoms with Crippen LogP contribution >= 0.6 is 12.4 Å². The summed E-state index contributed by atoms with van der Waals surface area (Å²) < 4.78 is 39.4. The molecule has 1 heterocycles. The Kier molecular flexibility index (Phi) is 4.73. The summed E-state index contributed by atoms with van der Waals surface area (Å²) in [6.07, 6.45) is 1.27. The van der Waals surface area contributed by atoms with E-state index in [9.17, 15) is 18.0 Å². The van der Waals surface area contributed by atoms with Crippen LogP contribution in [0.2, 0.25) is 0 Å². The maximum atomic E-state index is 13.3. The van der Waals surface area contributed by atoms with E-state index in [1.807, 2.05) is 6.07 Å². The van der Waals surface area contributed by atoms with Gasteiger partial charge in [0, 0.05) is 18.4 Å². The zero-order valence-electron chi connectivity index (χ0n) is 11.9. The third kappa shape index (κ3) is 3.55. The van der Waals surface area contributed by atoms with Gasteiger partial charge in [0.15, 0.2) is 0 Å². The van der Waals surface area contributed by atoms with Crippen LogP contribution in [0.3, 0.4) is 0 Å². The molecule has 0 bridgehead atoms. The van der Waals surface area contributed by atoms with Crippen LogP contribution < -0.4 is 10.6 Å². The fraction of sp³-hybridized carbons (Fsp3) is 0.533. The van der Waals surface area contributed by atoms with E-state index in [4.69, 9.17) is 0 Å². The smallest absolute Gasteiger partial charge is 0.262 e. The van der Waals surface area contributed by atoms with E-state index in [0.29, 0.717) is 6.54 Å². The third-order valence-corrected chi connectivity index (χ3v) is 4.32. The largest absolute Gasteiger partial charge is 0.354 e. The fourth-order valence-electron chi connectivity index (χ4n) is 2.82. The van der Waals surface area contributed by atoms with Gasteiger partial charge in [-0.05, 0) is 30.5 Å². The quantitative estimate of drug-likeness (QED) is 0.887. The normalized spacial score (nSPS) is 24.4. The van der Waals surface area contributed by atoms with Crippen molar-refractivity contribution in [1.29, 1.82) is 0 Å². The number of carbonyl (C=O) groups is 1. The van der Waals surface area contributed by atoms with E-state index in [1.165, 1.54) is 12.1 Å². The second-order valence-electron chi connectivity index (χ2n) is 6.00. The van der Waals surface area contributed by atoms with Gasteiger partial charge in [0.2, 0.25) is 5.91 Å². The summed E-state index contributed by atoms with van der Waals surface area (Å²) in [5, 5.41) is 5.26. The van der Waals surface area contributed by atoms with Crippen LogP contribution in [0.15, 0.2) is 24.3 Å². The lowest BCUT2D eigenvalue weighted by Crippen LogP contribution is -2.43. The van der Waals surface area contributed by atoms with Crippen LogP contribution in [0.25, 0.3) is 0 Å². The Morgan fingerprint density at radius 2 is 2.09 bits per heavy atom. The Morgan fingerprint density at radius 3 is 2.64 bits per heavy atom. The second kappa shape index (κ2) is 6.08. The first kappa shape index (κ1) is 17.1. The molecular formula is C15H18ClF3N2O. The molecule has 1 amide bonds. The molecule has 2 N–H and O–H groups in total. The fourth-order valence-corrected chi connectivity index (χ4v) is 2.82. The van der Waals surface area contributed by atoms with E-state index >= 15 is 0 Å². The minimum atomic E-state index is -2.82. The standard InChI is InChI=1S/C15H17F3N2O.ClH/c16-11-3-1-2-10(6-11)14(4-5-14)8-20-13(21)12-7-15(17,18)9-19-12;/h1-3,6,12,19H,4-5,7-9H2,(H,20,21);1H. The first-order chi connectivity index (χ1) is 9.90. The van der Waals surface area contributed by atoms with E-state index < -0.39 is 30.8 Å². The summed E-state index contributed by atoms with van der Waals surface area (Å²) in [5.74, 6) is -3.53. The number of alkyl halides is 2. The maximum absolute atomic E-state index is 13.3. The number of benzene rings is 1. The molecule has 22 heavy (non-hydrogen) atoms. The molecule has 1 saturated heterocycles. The Morgan fingerprint density at radius 1 is 1.36 bits per heavy atom. The predicted octanol–water partition coefficient (Wildman–Crippen LogP) is 2.39. The number of amides is 1. The van der Waals surface area contributed by atoms with Gasteiger partial charge in [-0.2, -0.15) is 0 Å². The Labute approximate surface area is 133 Å². The summed E-state index contributed by atoms with van der Waals surface area (Å²) in [6, 6.07) is 5.49. The van der Waals surface area contributed by atoms with Crippen molar-refractivity contribution in [3.8, 4) is 0 Å². The Hall–Kier alpha value is -1.27. The van der Waals surface area contributed by atoms with Gasteiger partial charge in [-0.15, -0.1) is 12.4 Å². The lowest BCUT2D eigenvalue weighted by Gasteiger charge is -2.18. The highest BCUT2D eigenvalue weighted by Gasteiger charge is 2.46. The minimum Gasteiger partial charge on any atom is -0.354 e. The second-order valence-corrected chi connectivity index (χ2v) is 6.00. The van der Waals surface area contributed by atoms with Crippen LogP contribution in [0, 0.1) is 5.82 Å². The van der Waals surface area contributed by atoms with Crippen molar-refractivity contribution in [1.82, 2.24) is 10.6 Å². The molecule has 3 nitrogen and oxygen atoms in total. The van der Waals surface area contributed by atoms with E-state index in [0.717, 1.165) is 18.4 Å². The molecule has 1 aromatic rings. The Balaban J connectivity index is 0.00000176. The van der Waals surface area contributed by atoms with Crippen molar-refractivity contribution in [3.05, 3.63) is 35.6 Å². The first-order valence-electron chi connectivity index (χ1n) is 7.05. The molecular weight excluding hydrogens is 317 g/mol. The van der Waals surface area contributed by atoms with Gasteiger partial charge >= 0.3 is 0 Å². The van der Waals surface area contributed by atoms with Crippen molar-refractivity contribution in [2.75, 3.05) is 13.1 Å². The van der Waals surface area contributed by atoms with Gasteiger partial charge in [0.05, 0.1) is 12.6 Å². The van der Waals surface area contributed by atoms with Crippen LogP contribution in [-0.4, -0.2) is 31.0 Å². The molecule has 1 aromatic carbocycles.